The average molecular weight is 360 g/mol. The molecule has 0 aliphatic rings. The van der Waals surface area contributed by atoms with Crippen LogP contribution in [0.2, 0.25) is 0 Å². The maximum absolute atomic E-state index is 9.47. The zero-order valence-electron chi connectivity index (χ0n) is 15.0. The molecule has 2 unspecified atom stereocenters. The molecule has 0 heterocycles. The lowest BCUT2D eigenvalue weighted by Crippen LogP contribution is -2.32. The molecule has 2 aromatic rings. The van der Waals surface area contributed by atoms with Crippen LogP contribution in [0.25, 0.3) is 0 Å². The Morgan fingerprint density at radius 1 is 0.846 bits per heavy atom. The normalized spacial score (nSPS) is 13.3. The Morgan fingerprint density at radius 2 is 1.54 bits per heavy atom. The summed E-state index contributed by atoms with van der Waals surface area (Å²) in [6, 6.07) is 19.8. The van der Waals surface area contributed by atoms with E-state index in [2.05, 4.69) is 12.1 Å². The van der Waals surface area contributed by atoms with Crippen LogP contribution in [0.5, 0.6) is 5.75 Å². The number of rotatable bonds is 13. The van der Waals surface area contributed by atoms with Gasteiger partial charge >= 0.3 is 0 Å². The molecule has 2 rings (SSSR count). The molecule has 0 saturated heterocycles. The van der Waals surface area contributed by atoms with E-state index in [1.807, 2.05) is 48.5 Å². The van der Waals surface area contributed by atoms with Gasteiger partial charge < -0.3 is 24.4 Å². The van der Waals surface area contributed by atoms with E-state index in [9.17, 15) is 5.11 Å². The highest BCUT2D eigenvalue weighted by Crippen LogP contribution is 2.10. The molecule has 0 fully saturated rings. The first kappa shape index (κ1) is 20.4. The third kappa shape index (κ3) is 8.45. The van der Waals surface area contributed by atoms with Crippen molar-refractivity contribution < 1.29 is 24.4 Å². The first-order valence-electron chi connectivity index (χ1n) is 8.98. The van der Waals surface area contributed by atoms with Gasteiger partial charge in [0.25, 0.3) is 0 Å². The maximum Gasteiger partial charge on any atom is 0.119 e. The monoisotopic (exact) mass is 360 g/mol. The van der Waals surface area contributed by atoms with E-state index in [4.69, 9.17) is 19.3 Å². The van der Waals surface area contributed by atoms with Crippen molar-refractivity contribution in [3.05, 3.63) is 66.2 Å². The molecule has 0 spiro atoms. The SMILES string of the molecule is OCC(O)COC(COCCCc1ccccc1)COc1ccccc1. The van der Waals surface area contributed by atoms with Gasteiger partial charge in [-0.25, -0.2) is 0 Å². The van der Waals surface area contributed by atoms with E-state index in [0.717, 1.165) is 18.6 Å². The fourth-order valence-electron chi connectivity index (χ4n) is 2.39. The standard InChI is InChI=1S/C21H28O5/c22-14-19(23)15-25-21(17-26-20-11-5-2-6-12-20)16-24-13-7-10-18-8-3-1-4-9-18/h1-6,8-9,11-12,19,21-23H,7,10,13-17H2. The summed E-state index contributed by atoms with van der Waals surface area (Å²) in [4.78, 5) is 0. The minimum Gasteiger partial charge on any atom is -0.491 e. The van der Waals surface area contributed by atoms with Crippen molar-refractivity contribution in [3.63, 3.8) is 0 Å². The van der Waals surface area contributed by atoms with Crippen molar-refractivity contribution in [2.45, 2.75) is 25.0 Å². The number of aliphatic hydroxyl groups is 2. The lowest BCUT2D eigenvalue weighted by molar-refractivity contribution is -0.0729. The summed E-state index contributed by atoms with van der Waals surface area (Å²) < 4.78 is 17.1. The molecular weight excluding hydrogens is 332 g/mol. The molecular formula is C21H28O5. The highest BCUT2D eigenvalue weighted by molar-refractivity contribution is 5.20. The van der Waals surface area contributed by atoms with Gasteiger partial charge in [0.1, 0.15) is 24.6 Å². The topological polar surface area (TPSA) is 68.2 Å². The smallest absolute Gasteiger partial charge is 0.119 e. The van der Waals surface area contributed by atoms with Crippen molar-refractivity contribution in [2.24, 2.45) is 0 Å². The van der Waals surface area contributed by atoms with Gasteiger partial charge in [-0.15, -0.1) is 0 Å². The summed E-state index contributed by atoms with van der Waals surface area (Å²) in [5.41, 5.74) is 1.29. The molecule has 0 amide bonds. The van der Waals surface area contributed by atoms with Crippen molar-refractivity contribution >= 4 is 0 Å². The van der Waals surface area contributed by atoms with Gasteiger partial charge in [-0.2, -0.15) is 0 Å². The predicted octanol–water partition coefficient (Wildman–Crippen LogP) is 2.45. The van der Waals surface area contributed by atoms with Gasteiger partial charge in [-0.1, -0.05) is 48.5 Å². The third-order valence-corrected chi connectivity index (χ3v) is 3.81. The molecule has 0 bridgehead atoms. The zero-order valence-corrected chi connectivity index (χ0v) is 15.0. The Labute approximate surface area is 155 Å². The summed E-state index contributed by atoms with van der Waals surface area (Å²) in [7, 11) is 0. The van der Waals surface area contributed by atoms with Gasteiger partial charge in [0, 0.05) is 6.61 Å². The van der Waals surface area contributed by atoms with Gasteiger partial charge in [0.15, 0.2) is 0 Å². The lowest BCUT2D eigenvalue weighted by Gasteiger charge is -2.20. The molecule has 0 radical (unpaired) electrons. The second-order valence-electron chi connectivity index (χ2n) is 6.08. The molecule has 5 nitrogen and oxygen atoms in total. The van der Waals surface area contributed by atoms with E-state index in [1.165, 1.54) is 5.56 Å². The van der Waals surface area contributed by atoms with Crippen LogP contribution in [0.15, 0.2) is 60.7 Å². The minimum atomic E-state index is -0.896. The first-order valence-corrected chi connectivity index (χ1v) is 8.98. The summed E-state index contributed by atoms with van der Waals surface area (Å²) in [6.07, 6.45) is 0.687. The number of benzene rings is 2. The fourth-order valence-corrected chi connectivity index (χ4v) is 2.39. The molecule has 5 heteroatoms. The van der Waals surface area contributed by atoms with Crippen molar-refractivity contribution in [1.29, 1.82) is 0 Å². The van der Waals surface area contributed by atoms with E-state index in [-0.39, 0.29) is 19.3 Å². The Balaban J connectivity index is 1.69. The van der Waals surface area contributed by atoms with Crippen LogP contribution >= 0.6 is 0 Å². The van der Waals surface area contributed by atoms with Gasteiger partial charge in [-0.3, -0.25) is 0 Å². The van der Waals surface area contributed by atoms with Crippen molar-refractivity contribution in [3.8, 4) is 5.75 Å². The van der Waals surface area contributed by atoms with Crippen LogP contribution in [0.1, 0.15) is 12.0 Å². The van der Waals surface area contributed by atoms with Crippen LogP contribution in [0.4, 0.5) is 0 Å². The first-order chi connectivity index (χ1) is 12.8. The number of aryl methyl sites for hydroxylation is 1. The van der Waals surface area contributed by atoms with Crippen LogP contribution in [-0.4, -0.2) is 55.5 Å². The molecule has 0 aliphatic heterocycles. The Morgan fingerprint density at radius 3 is 2.23 bits per heavy atom. The molecule has 0 saturated carbocycles. The van der Waals surface area contributed by atoms with Crippen LogP contribution in [0, 0.1) is 0 Å². The molecule has 0 aliphatic carbocycles. The van der Waals surface area contributed by atoms with Gasteiger partial charge in [0.2, 0.25) is 0 Å². The highest BCUT2D eigenvalue weighted by atomic mass is 16.6. The van der Waals surface area contributed by atoms with Crippen LogP contribution < -0.4 is 4.74 Å². The zero-order chi connectivity index (χ0) is 18.5. The third-order valence-electron chi connectivity index (χ3n) is 3.81. The molecule has 0 aromatic heterocycles. The molecule has 2 atom stereocenters. The Hall–Kier alpha value is -1.92. The summed E-state index contributed by atoms with van der Waals surface area (Å²) >= 11 is 0. The number of ether oxygens (including phenoxy) is 3. The quantitative estimate of drug-likeness (QED) is 0.537. The molecule has 142 valence electrons. The summed E-state index contributed by atoms with van der Waals surface area (Å²) in [6.45, 7) is 1.04. The summed E-state index contributed by atoms with van der Waals surface area (Å²) in [5.74, 6) is 0.757. The Kier molecular flexibility index (Phi) is 9.75. The number of para-hydroxylation sites is 1. The van der Waals surface area contributed by atoms with Crippen molar-refractivity contribution in [1.82, 2.24) is 0 Å². The van der Waals surface area contributed by atoms with E-state index in [1.54, 1.807) is 0 Å². The summed E-state index contributed by atoms with van der Waals surface area (Å²) in [5, 5.41) is 18.4. The molecule has 2 N–H and O–H groups in total. The lowest BCUT2D eigenvalue weighted by atomic mass is 10.1. The van der Waals surface area contributed by atoms with Crippen molar-refractivity contribution in [2.75, 3.05) is 33.0 Å². The molecule has 2 aromatic carbocycles. The predicted molar refractivity (Wildman–Crippen MR) is 100 cm³/mol. The number of hydrogen-bond donors (Lipinski definition) is 2. The van der Waals surface area contributed by atoms with E-state index >= 15 is 0 Å². The van der Waals surface area contributed by atoms with Crippen LogP contribution in [0.3, 0.4) is 0 Å². The van der Waals surface area contributed by atoms with Crippen LogP contribution in [-0.2, 0) is 15.9 Å². The van der Waals surface area contributed by atoms with Gasteiger partial charge in [0.05, 0.1) is 19.8 Å². The van der Waals surface area contributed by atoms with E-state index < -0.39 is 6.10 Å². The van der Waals surface area contributed by atoms with Gasteiger partial charge in [-0.05, 0) is 30.5 Å². The van der Waals surface area contributed by atoms with E-state index in [0.29, 0.717) is 19.8 Å². The maximum atomic E-state index is 9.47. The molecule has 26 heavy (non-hydrogen) atoms. The number of aliphatic hydroxyl groups excluding tert-OH is 2. The second-order valence-corrected chi connectivity index (χ2v) is 6.08. The largest absolute Gasteiger partial charge is 0.491 e. The minimum absolute atomic E-state index is 0.0483. The highest BCUT2D eigenvalue weighted by Gasteiger charge is 2.13. The average Bonchev–Trinajstić information content (AvgIpc) is 2.70. The second kappa shape index (κ2) is 12.4. The Bertz CT molecular complexity index is 575. The fraction of sp³-hybridized carbons (Fsp3) is 0.429. The number of hydrogen-bond acceptors (Lipinski definition) is 5.